The molecule has 0 aliphatic carbocycles. The van der Waals surface area contributed by atoms with Crippen LogP contribution in [0.5, 0.6) is 11.8 Å². The van der Waals surface area contributed by atoms with Crippen molar-refractivity contribution in [1.82, 2.24) is 15.0 Å². The number of nitrogens with zero attached hydrogens (tertiary/aromatic N) is 3. The Morgan fingerprint density at radius 1 is 0.880 bits per heavy atom. The first-order chi connectivity index (χ1) is 12.2. The number of ether oxygens (including phenoxy) is 2. The van der Waals surface area contributed by atoms with Gasteiger partial charge in [-0.1, -0.05) is 29.8 Å². The number of methoxy groups -OCH3 is 2. The number of nitrogens with one attached hydrogen (secondary N) is 1. The van der Waals surface area contributed by atoms with E-state index in [0.717, 1.165) is 22.4 Å². The molecular weight excluding hydrogens is 316 g/mol. The first-order valence-electron chi connectivity index (χ1n) is 7.87. The van der Waals surface area contributed by atoms with Gasteiger partial charge in [-0.05, 0) is 13.0 Å². The van der Waals surface area contributed by atoms with Crippen molar-refractivity contribution in [3.63, 3.8) is 0 Å². The minimum Gasteiger partial charge on any atom is -0.481 e. The van der Waals surface area contributed by atoms with E-state index in [2.05, 4.69) is 39.3 Å². The van der Waals surface area contributed by atoms with E-state index in [-0.39, 0.29) is 0 Å². The number of benzene rings is 1. The molecule has 0 saturated carbocycles. The van der Waals surface area contributed by atoms with Crippen LogP contribution < -0.4 is 14.8 Å². The van der Waals surface area contributed by atoms with Gasteiger partial charge in [0.1, 0.15) is 0 Å². The Morgan fingerprint density at radius 3 is 2.28 bits per heavy atom. The van der Waals surface area contributed by atoms with E-state index in [0.29, 0.717) is 17.7 Å². The van der Waals surface area contributed by atoms with Crippen LogP contribution in [0.3, 0.4) is 0 Å². The van der Waals surface area contributed by atoms with Crippen LogP contribution >= 0.6 is 0 Å². The van der Waals surface area contributed by atoms with Gasteiger partial charge >= 0.3 is 0 Å². The first kappa shape index (κ1) is 16.7. The van der Waals surface area contributed by atoms with Crippen molar-refractivity contribution >= 4 is 5.95 Å². The molecule has 6 heteroatoms. The number of hydrogen-bond donors (Lipinski definition) is 1. The minimum atomic E-state index is 0.466. The predicted molar refractivity (Wildman–Crippen MR) is 98.1 cm³/mol. The lowest BCUT2D eigenvalue weighted by Gasteiger charge is -2.13. The van der Waals surface area contributed by atoms with Gasteiger partial charge in [0.05, 0.1) is 19.9 Å². The van der Waals surface area contributed by atoms with Crippen molar-refractivity contribution in [3.8, 4) is 34.1 Å². The van der Waals surface area contributed by atoms with Crippen LogP contribution in [0.2, 0.25) is 0 Å². The summed E-state index contributed by atoms with van der Waals surface area (Å²) in [6, 6.07) is 11.9. The van der Waals surface area contributed by atoms with Gasteiger partial charge in [0, 0.05) is 36.0 Å². The smallest absolute Gasteiger partial charge is 0.224 e. The molecule has 3 rings (SSSR count). The zero-order valence-corrected chi connectivity index (χ0v) is 14.7. The standard InChI is InChI=1S/C19H20N4O2/c1-12-5-7-13(8-6-12)17-15(11-21-19(20-2)23-17)14-9-10-16(24-3)22-18(14)25-4/h5-11H,1-4H3,(H,20,21,23). The average molecular weight is 336 g/mol. The predicted octanol–water partition coefficient (Wildman–Crippen LogP) is 3.57. The Bertz CT molecular complexity index is 879. The van der Waals surface area contributed by atoms with Crippen molar-refractivity contribution in [2.45, 2.75) is 6.92 Å². The molecule has 0 saturated heterocycles. The summed E-state index contributed by atoms with van der Waals surface area (Å²) in [5.74, 6) is 1.51. The number of anilines is 1. The Hall–Kier alpha value is -3.15. The summed E-state index contributed by atoms with van der Waals surface area (Å²) in [5, 5.41) is 2.98. The van der Waals surface area contributed by atoms with Crippen LogP contribution in [0.4, 0.5) is 5.95 Å². The van der Waals surface area contributed by atoms with Gasteiger partial charge < -0.3 is 14.8 Å². The second-order valence-electron chi connectivity index (χ2n) is 5.48. The SMILES string of the molecule is CNc1ncc(-c2ccc(OC)nc2OC)c(-c2ccc(C)cc2)n1. The lowest BCUT2D eigenvalue weighted by Crippen LogP contribution is -2.01. The number of aryl methyl sites for hydroxylation is 1. The van der Waals surface area contributed by atoms with E-state index in [1.807, 2.05) is 18.2 Å². The van der Waals surface area contributed by atoms with E-state index in [1.165, 1.54) is 5.56 Å². The second-order valence-corrected chi connectivity index (χ2v) is 5.48. The Labute approximate surface area is 146 Å². The zero-order chi connectivity index (χ0) is 17.8. The average Bonchev–Trinajstić information content (AvgIpc) is 2.67. The van der Waals surface area contributed by atoms with Crippen molar-refractivity contribution in [3.05, 3.63) is 48.2 Å². The van der Waals surface area contributed by atoms with Gasteiger partial charge in [-0.2, -0.15) is 4.98 Å². The van der Waals surface area contributed by atoms with Crippen LogP contribution in [0, 0.1) is 6.92 Å². The maximum Gasteiger partial charge on any atom is 0.224 e. The third-order valence-electron chi connectivity index (χ3n) is 3.86. The molecule has 1 aromatic carbocycles. The van der Waals surface area contributed by atoms with Crippen LogP contribution in [0.1, 0.15) is 5.56 Å². The molecule has 0 fully saturated rings. The maximum atomic E-state index is 5.45. The molecule has 0 aliphatic heterocycles. The summed E-state index contributed by atoms with van der Waals surface area (Å²) in [6.07, 6.45) is 1.78. The maximum absolute atomic E-state index is 5.45. The van der Waals surface area contributed by atoms with Gasteiger partial charge in [0.15, 0.2) is 0 Å². The summed E-state index contributed by atoms with van der Waals surface area (Å²) >= 11 is 0. The highest BCUT2D eigenvalue weighted by atomic mass is 16.5. The molecule has 128 valence electrons. The van der Waals surface area contributed by atoms with Gasteiger partial charge in [-0.3, -0.25) is 0 Å². The highest BCUT2D eigenvalue weighted by Crippen LogP contribution is 2.36. The molecule has 2 aromatic heterocycles. The molecule has 25 heavy (non-hydrogen) atoms. The quantitative estimate of drug-likeness (QED) is 0.768. The van der Waals surface area contributed by atoms with Crippen LogP contribution in [-0.2, 0) is 0 Å². The Balaban J connectivity index is 2.21. The molecule has 0 unspecified atom stereocenters. The molecule has 0 atom stereocenters. The number of aromatic nitrogens is 3. The monoisotopic (exact) mass is 336 g/mol. The summed E-state index contributed by atoms with van der Waals surface area (Å²) in [4.78, 5) is 13.4. The van der Waals surface area contributed by atoms with Gasteiger partial charge in [-0.15, -0.1) is 0 Å². The molecule has 0 amide bonds. The van der Waals surface area contributed by atoms with E-state index in [1.54, 1.807) is 33.5 Å². The molecule has 0 spiro atoms. The van der Waals surface area contributed by atoms with Crippen molar-refractivity contribution < 1.29 is 9.47 Å². The van der Waals surface area contributed by atoms with E-state index in [9.17, 15) is 0 Å². The fraction of sp³-hybridized carbons (Fsp3) is 0.211. The Kier molecular flexibility index (Phi) is 4.79. The Morgan fingerprint density at radius 2 is 1.64 bits per heavy atom. The van der Waals surface area contributed by atoms with Gasteiger partial charge in [0.25, 0.3) is 0 Å². The fourth-order valence-electron chi connectivity index (χ4n) is 2.53. The number of rotatable bonds is 5. The van der Waals surface area contributed by atoms with Crippen molar-refractivity contribution in [2.24, 2.45) is 0 Å². The number of hydrogen-bond acceptors (Lipinski definition) is 6. The van der Waals surface area contributed by atoms with E-state index >= 15 is 0 Å². The van der Waals surface area contributed by atoms with Crippen molar-refractivity contribution in [2.75, 3.05) is 26.6 Å². The van der Waals surface area contributed by atoms with E-state index < -0.39 is 0 Å². The largest absolute Gasteiger partial charge is 0.481 e. The minimum absolute atomic E-state index is 0.466. The van der Waals surface area contributed by atoms with Crippen LogP contribution in [0.25, 0.3) is 22.4 Å². The molecule has 0 aliphatic rings. The molecule has 0 radical (unpaired) electrons. The van der Waals surface area contributed by atoms with Crippen LogP contribution in [-0.4, -0.2) is 36.2 Å². The first-order valence-corrected chi connectivity index (χ1v) is 7.87. The number of pyridine rings is 1. The highest BCUT2D eigenvalue weighted by molar-refractivity contribution is 5.83. The lowest BCUT2D eigenvalue weighted by atomic mass is 10.0. The van der Waals surface area contributed by atoms with Crippen LogP contribution in [0.15, 0.2) is 42.6 Å². The summed E-state index contributed by atoms with van der Waals surface area (Å²) in [5.41, 5.74) is 4.65. The van der Waals surface area contributed by atoms with Gasteiger partial charge in [-0.25, -0.2) is 9.97 Å². The lowest BCUT2D eigenvalue weighted by molar-refractivity contribution is 0.366. The third-order valence-corrected chi connectivity index (χ3v) is 3.86. The fourth-order valence-corrected chi connectivity index (χ4v) is 2.53. The molecule has 1 N–H and O–H groups in total. The molecule has 3 aromatic rings. The summed E-state index contributed by atoms with van der Waals surface area (Å²) < 4.78 is 10.6. The second kappa shape index (κ2) is 7.17. The van der Waals surface area contributed by atoms with Crippen molar-refractivity contribution in [1.29, 1.82) is 0 Å². The highest BCUT2D eigenvalue weighted by Gasteiger charge is 2.16. The molecule has 6 nitrogen and oxygen atoms in total. The summed E-state index contributed by atoms with van der Waals surface area (Å²) in [6.45, 7) is 2.06. The van der Waals surface area contributed by atoms with Gasteiger partial charge in [0.2, 0.25) is 17.7 Å². The topological polar surface area (TPSA) is 69.2 Å². The van der Waals surface area contributed by atoms with E-state index in [4.69, 9.17) is 9.47 Å². The third kappa shape index (κ3) is 3.38. The molecule has 0 bridgehead atoms. The molecular formula is C19H20N4O2. The normalized spacial score (nSPS) is 10.4. The zero-order valence-electron chi connectivity index (χ0n) is 14.7. The summed E-state index contributed by atoms with van der Waals surface area (Å²) in [7, 11) is 4.95. The molecule has 2 heterocycles.